The number of alkyl halides is 3. The first-order valence-corrected chi connectivity index (χ1v) is 15.9. The zero-order valence-electron chi connectivity index (χ0n) is 28.2. The fraction of sp³-hybridized carbons (Fsp3) is 0.382. The Bertz CT molecular complexity index is 1780. The quantitative estimate of drug-likeness (QED) is 0.0831. The van der Waals surface area contributed by atoms with Crippen LogP contribution in [-0.2, 0) is 35.2 Å². The van der Waals surface area contributed by atoms with Crippen LogP contribution in [0.1, 0.15) is 50.2 Å². The van der Waals surface area contributed by atoms with Gasteiger partial charge in [-0.25, -0.2) is 9.59 Å². The lowest BCUT2D eigenvalue weighted by molar-refractivity contribution is -0.192. The minimum Gasteiger partial charge on any atom is -0.481 e. The van der Waals surface area contributed by atoms with Gasteiger partial charge in [-0.05, 0) is 62.9 Å². The molecule has 3 unspecified atom stereocenters. The number of benzene rings is 2. The Balaban J connectivity index is 0.00000121. The standard InChI is InChI=1S/C32H39N5O8.C2HF3O2/c1-19-16-29(41)45-26-18-22(11-12-23(19)26)35-31(43)24(10-6-7-15-33)36-32(44)25(17-21-8-4-3-5-9-21)37-30(42)20(2)34-27(38)13-14-28(39)40;3-2(4,5)1(6)7/h3-5,8-9,11-12,16,18,20,24-25H,6-7,10,13-15,17,33H2,1-2H3,(H,34,38)(H,35,43)(H,36,44)(H,37,42)(H,39,40);(H,6,7). The van der Waals surface area contributed by atoms with Crippen LogP contribution in [0.15, 0.2) is 63.8 Å². The van der Waals surface area contributed by atoms with Crippen molar-refractivity contribution >= 4 is 52.2 Å². The maximum absolute atomic E-state index is 13.6. The summed E-state index contributed by atoms with van der Waals surface area (Å²) in [6, 6.07) is 12.1. The number of carboxylic acids is 2. The molecule has 52 heavy (non-hydrogen) atoms. The smallest absolute Gasteiger partial charge is 0.481 e. The second-order valence-electron chi connectivity index (χ2n) is 11.5. The average molecular weight is 736 g/mol. The molecule has 3 atom stereocenters. The zero-order valence-corrected chi connectivity index (χ0v) is 28.2. The summed E-state index contributed by atoms with van der Waals surface area (Å²) >= 11 is 0. The Morgan fingerprint density at radius 1 is 0.846 bits per heavy atom. The Morgan fingerprint density at radius 2 is 1.48 bits per heavy atom. The topological polar surface area (TPSA) is 247 Å². The van der Waals surface area contributed by atoms with Crippen LogP contribution in [0.2, 0.25) is 0 Å². The number of carboxylic acid groups (broad SMARTS) is 2. The highest BCUT2D eigenvalue weighted by Crippen LogP contribution is 2.21. The molecule has 0 saturated carbocycles. The van der Waals surface area contributed by atoms with E-state index in [0.29, 0.717) is 36.0 Å². The number of hydrogen-bond acceptors (Lipinski definition) is 9. The van der Waals surface area contributed by atoms with E-state index in [1.165, 1.54) is 19.1 Å². The van der Waals surface area contributed by atoms with Gasteiger partial charge < -0.3 is 41.6 Å². The Morgan fingerprint density at radius 3 is 2.08 bits per heavy atom. The van der Waals surface area contributed by atoms with E-state index in [2.05, 4.69) is 21.3 Å². The molecule has 0 spiro atoms. The van der Waals surface area contributed by atoms with Crippen molar-refractivity contribution in [3.05, 3.63) is 76.1 Å². The molecule has 0 saturated heterocycles. The predicted octanol–water partition coefficient (Wildman–Crippen LogP) is 2.38. The number of aryl methyl sites for hydroxylation is 1. The van der Waals surface area contributed by atoms with Crippen LogP contribution in [0.4, 0.5) is 18.9 Å². The third kappa shape index (κ3) is 14.6. The number of unbranched alkanes of at least 4 members (excludes halogenated alkanes) is 1. The normalized spacial score (nSPS) is 12.7. The monoisotopic (exact) mass is 735 g/mol. The molecule has 1 heterocycles. The van der Waals surface area contributed by atoms with Gasteiger partial charge in [-0.15, -0.1) is 0 Å². The molecule has 0 aliphatic heterocycles. The van der Waals surface area contributed by atoms with Gasteiger partial charge in [0.25, 0.3) is 0 Å². The van der Waals surface area contributed by atoms with Gasteiger partial charge in [-0.1, -0.05) is 30.3 Å². The summed E-state index contributed by atoms with van der Waals surface area (Å²) in [5, 5.41) is 27.2. The fourth-order valence-corrected chi connectivity index (χ4v) is 4.62. The van der Waals surface area contributed by atoms with E-state index in [4.69, 9.17) is 25.2 Å². The molecule has 3 aromatic rings. The van der Waals surface area contributed by atoms with Crippen LogP contribution in [0, 0.1) is 6.92 Å². The third-order valence-corrected chi connectivity index (χ3v) is 7.29. The van der Waals surface area contributed by atoms with Gasteiger partial charge in [0, 0.05) is 36.0 Å². The third-order valence-electron chi connectivity index (χ3n) is 7.29. The second kappa shape index (κ2) is 20.2. The number of hydrogen-bond donors (Lipinski definition) is 7. The fourth-order valence-electron chi connectivity index (χ4n) is 4.62. The highest BCUT2D eigenvalue weighted by atomic mass is 19.4. The van der Waals surface area contributed by atoms with Crippen molar-refractivity contribution in [2.45, 2.75) is 76.7 Å². The van der Waals surface area contributed by atoms with E-state index in [-0.39, 0.29) is 25.7 Å². The first-order valence-electron chi connectivity index (χ1n) is 15.9. The van der Waals surface area contributed by atoms with Crippen molar-refractivity contribution in [3.63, 3.8) is 0 Å². The highest BCUT2D eigenvalue weighted by molar-refractivity contribution is 6.00. The number of amides is 4. The Kier molecular flexibility index (Phi) is 16.4. The molecule has 4 amide bonds. The molecular formula is C34H40F3N5O10. The van der Waals surface area contributed by atoms with Crippen molar-refractivity contribution in [2.24, 2.45) is 5.73 Å². The van der Waals surface area contributed by atoms with Gasteiger partial charge in [0.1, 0.15) is 23.7 Å². The Labute approximate surface area is 295 Å². The molecule has 8 N–H and O–H groups in total. The highest BCUT2D eigenvalue weighted by Gasteiger charge is 2.38. The van der Waals surface area contributed by atoms with Gasteiger partial charge >= 0.3 is 23.7 Å². The van der Waals surface area contributed by atoms with Crippen molar-refractivity contribution in [1.82, 2.24) is 16.0 Å². The number of aliphatic carboxylic acids is 2. The molecule has 0 aliphatic carbocycles. The molecule has 0 fully saturated rings. The van der Waals surface area contributed by atoms with E-state index in [1.807, 2.05) is 6.07 Å². The lowest BCUT2D eigenvalue weighted by Crippen LogP contribution is -2.56. The molecule has 282 valence electrons. The van der Waals surface area contributed by atoms with Crippen molar-refractivity contribution < 1.29 is 56.6 Å². The van der Waals surface area contributed by atoms with Crippen LogP contribution < -0.4 is 32.6 Å². The summed E-state index contributed by atoms with van der Waals surface area (Å²) < 4.78 is 37.0. The number of carbonyl (C=O) groups is 6. The van der Waals surface area contributed by atoms with Crippen LogP contribution in [-0.4, -0.2) is 76.6 Å². The number of anilines is 1. The summed E-state index contributed by atoms with van der Waals surface area (Å²) in [5.41, 5.74) is 7.27. The minimum atomic E-state index is -5.08. The Hall–Kier alpha value is -5.78. The number of nitrogens with one attached hydrogen (secondary N) is 4. The van der Waals surface area contributed by atoms with Crippen molar-refractivity contribution in [3.8, 4) is 0 Å². The summed E-state index contributed by atoms with van der Waals surface area (Å²) in [6.45, 7) is 3.59. The van der Waals surface area contributed by atoms with Crippen molar-refractivity contribution in [1.29, 1.82) is 0 Å². The summed E-state index contributed by atoms with van der Waals surface area (Å²) in [5.74, 6) is -6.32. The maximum atomic E-state index is 13.6. The number of halogens is 3. The molecule has 2 aromatic carbocycles. The van der Waals surface area contributed by atoms with Crippen LogP contribution in [0.5, 0.6) is 0 Å². The van der Waals surface area contributed by atoms with E-state index >= 15 is 0 Å². The first kappa shape index (κ1) is 42.4. The average Bonchev–Trinajstić information content (AvgIpc) is 3.06. The van der Waals surface area contributed by atoms with Gasteiger partial charge in [0.2, 0.25) is 23.6 Å². The van der Waals surface area contributed by atoms with Crippen LogP contribution >= 0.6 is 0 Å². The van der Waals surface area contributed by atoms with Gasteiger partial charge in [-0.2, -0.15) is 13.2 Å². The summed E-state index contributed by atoms with van der Waals surface area (Å²) in [7, 11) is 0. The lowest BCUT2D eigenvalue weighted by Gasteiger charge is -2.25. The van der Waals surface area contributed by atoms with Gasteiger partial charge in [-0.3, -0.25) is 24.0 Å². The second-order valence-corrected chi connectivity index (χ2v) is 11.5. The lowest BCUT2D eigenvalue weighted by atomic mass is 10.0. The van der Waals surface area contributed by atoms with E-state index in [0.717, 1.165) is 11.1 Å². The number of carbonyl (C=O) groups excluding carboxylic acids is 4. The molecule has 0 aliphatic rings. The number of fused-ring (bicyclic) bond motifs is 1. The SMILES string of the molecule is Cc1cc(=O)oc2cc(NC(=O)C(CCCCN)NC(=O)C(Cc3ccccc3)NC(=O)C(C)NC(=O)CCC(=O)O)ccc12.O=C(O)C(F)(F)F. The largest absolute Gasteiger partial charge is 0.490 e. The minimum absolute atomic E-state index is 0.0955. The van der Waals surface area contributed by atoms with Crippen LogP contribution in [0.3, 0.4) is 0 Å². The summed E-state index contributed by atoms with van der Waals surface area (Å²) in [4.78, 5) is 83.6. The predicted molar refractivity (Wildman–Crippen MR) is 181 cm³/mol. The molecule has 1 aromatic heterocycles. The number of nitrogens with two attached hydrogens (primary N) is 1. The maximum Gasteiger partial charge on any atom is 0.490 e. The number of rotatable bonds is 16. The molecule has 0 radical (unpaired) electrons. The molecule has 0 bridgehead atoms. The molecule has 18 heteroatoms. The van der Waals surface area contributed by atoms with Gasteiger partial charge in [0.05, 0.1) is 6.42 Å². The zero-order chi connectivity index (χ0) is 39.0. The summed E-state index contributed by atoms with van der Waals surface area (Å²) in [6.07, 6.45) is -4.26. The van der Waals surface area contributed by atoms with Crippen LogP contribution in [0.25, 0.3) is 11.0 Å². The molecule has 15 nitrogen and oxygen atoms in total. The van der Waals surface area contributed by atoms with Crippen molar-refractivity contribution in [2.75, 3.05) is 11.9 Å². The van der Waals surface area contributed by atoms with E-state index in [9.17, 15) is 41.9 Å². The first-order chi connectivity index (χ1) is 24.4. The van der Waals surface area contributed by atoms with E-state index < -0.39 is 65.5 Å². The van der Waals surface area contributed by atoms with Gasteiger partial charge in [0.15, 0.2) is 0 Å². The molecule has 3 rings (SSSR count). The van der Waals surface area contributed by atoms with E-state index in [1.54, 1.807) is 43.3 Å². The molecular weight excluding hydrogens is 695 g/mol.